The molecule has 0 bridgehead atoms. The van der Waals surface area contributed by atoms with E-state index < -0.39 is 0 Å². The number of furan rings is 1. The Bertz CT molecular complexity index is 2910. The number of benzene rings is 7. The lowest BCUT2D eigenvalue weighted by Crippen LogP contribution is -2.00. The fraction of sp³-hybridized carbons (Fsp3) is 0. The third-order valence-electron chi connectivity index (χ3n) is 9.59. The highest BCUT2D eigenvalue weighted by molar-refractivity contribution is 6.12. The number of aromatic nitrogens is 6. The summed E-state index contributed by atoms with van der Waals surface area (Å²) in [6.45, 7) is 0. The summed E-state index contributed by atoms with van der Waals surface area (Å²) in [6, 6.07) is 60.7. The molecular weight excluding hydrogens is 677 g/mol. The minimum atomic E-state index is 0.554. The van der Waals surface area contributed by atoms with E-state index in [2.05, 4.69) is 30.3 Å². The summed E-state index contributed by atoms with van der Waals surface area (Å²) in [6.07, 6.45) is 0. The third-order valence-corrected chi connectivity index (χ3v) is 9.59. The van der Waals surface area contributed by atoms with Crippen LogP contribution in [0.15, 0.2) is 186 Å². The SMILES string of the molecule is c1ccc(-c2cccc(-c3nc(-c4ccccc4)nc(-c4ccc5oc6cccc(-c7nc(-c8ccccc8)nc(-c8ccccc8)n7)c6c5c4)n3)c2)cc1. The number of hydrogen-bond acceptors (Lipinski definition) is 7. The zero-order valence-corrected chi connectivity index (χ0v) is 29.4. The average molecular weight is 707 g/mol. The molecule has 10 rings (SSSR count). The van der Waals surface area contributed by atoms with Crippen LogP contribution in [0.25, 0.3) is 101 Å². The molecule has 55 heavy (non-hydrogen) atoms. The first kappa shape index (κ1) is 32.0. The number of fused-ring (bicyclic) bond motifs is 3. The van der Waals surface area contributed by atoms with Gasteiger partial charge in [-0.05, 0) is 41.5 Å². The van der Waals surface area contributed by atoms with Crippen molar-refractivity contribution in [1.29, 1.82) is 0 Å². The van der Waals surface area contributed by atoms with Gasteiger partial charge in [0.1, 0.15) is 11.2 Å². The summed E-state index contributed by atoms with van der Waals surface area (Å²) in [5.41, 5.74) is 8.96. The minimum Gasteiger partial charge on any atom is -0.456 e. The van der Waals surface area contributed by atoms with E-state index in [1.54, 1.807) is 0 Å². The second-order valence-corrected chi connectivity index (χ2v) is 13.1. The Morgan fingerprint density at radius 3 is 1.24 bits per heavy atom. The molecule has 258 valence electrons. The van der Waals surface area contributed by atoms with Crippen molar-refractivity contribution in [2.24, 2.45) is 0 Å². The van der Waals surface area contributed by atoms with E-state index in [1.165, 1.54) is 0 Å². The molecule has 7 nitrogen and oxygen atoms in total. The van der Waals surface area contributed by atoms with Crippen LogP contribution in [0.3, 0.4) is 0 Å². The Morgan fingerprint density at radius 2 is 0.691 bits per heavy atom. The van der Waals surface area contributed by atoms with Gasteiger partial charge in [-0.1, -0.05) is 152 Å². The van der Waals surface area contributed by atoms with Gasteiger partial charge in [0.2, 0.25) is 0 Å². The van der Waals surface area contributed by atoms with Gasteiger partial charge in [0.05, 0.1) is 0 Å². The molecule has 0 saturated carbocycles. The maximum atomic E-state index is 6.45. The van der Waals surface area contributed by atoms with Crippen molar-refractivity contribution in [2.75, 3.05) is 0 Å². The van der Waals surface area contributed by atoms with Crippen LogP contribution >= 0.6 is 0 Å². The molecule has 0 fully saturated rings. The Morgan fingerprint density at radius 1 is 0.273 bits per heavy atom. The highest BCUT2D eigenvalue weighted by Crippen LogP contribution is 2.38. The molecule has 7 heteroatoms. The molecule has 0 saturated heterocycles. The molecule has 10 aromatic rings. The highest BCUT2D eigenvalue weighted by Gasteiger charge is 2.20. The monoisotopic (exact) mass is 706 g/mol. The van der Waals surface area contributed by atoms with Gasteiger partial charge in [-0.2, -0.15) is 0 Å². The van der Waals surface area contributed by atoms with Crippen molar-refractivity contribution in [3.8, 4) is 79.5 Å². The molecule has 0 N–H and O–H groups in total. The van der Waals surface area contributed by atoms with Gasteiger partial charge in [-0.3, -0.25) is 0 Å². The standard InChI is InChI=1S/C48H30N6O/c1-5-15-31(16-6-1)35-23-13-24-36(29-35)46-50-43(32-17-7-2-8-18-32)51-47(52-46)37-27-28-40-39(30-37)42-38(25-14-26-41(42)55-40)48-53-44(33-19-9-3-10-20-33)49-45(54-48)34-21-11-4-12-22-34/h1-30H. The molecule has 3 aromatic heterocycles. The van der Waals surface area contributed by atoms with Crippen molar-refractivity contribution in [3.05, 3.63) is 182 Å². The van der Waals surface area contributed by atoms with Crippen molar-refractivity contribution < 1.29 is 4.42 Å². The van der Waals surface area contributed by atoms with Gasteiger partial charge in [0.25, 0.3) is 0 Å². The van der Waals surface area contributed by atoms with E-state index >= 15 is 0 Å². The topological polar surface area (TPSA) is 90.5 Å². The van der Waals surface area contributed by atoms with Gasteiger partial charge >= 0.3 is 0 Å². The molecule has 0 aliphatic carbocycles. The Balaban J connectivity index is 1.15. The molecular formula is C48H30N6O. The Labute approximate surface area is 316 Å². The van der Waals surface area contributed by atoms with Crippen molar-refractivity contribution in [3.63, 3.8) is 0 Å². The van der Waals surface area contributed by atoms with Gasteiger partial charge in [0.15, 0.2) is 34.9 Å². The summed E-state index contributed by atoms with van der Waals surface area (Å²) in [5.74, 6) is 3.48. The summed E-state index contributed by atoms with van der Waals surface area (Å²) in [4.78, 5) is 30.1. The van der Waals surface area contributed by atoms with Crippen LogP contribution in [-0.2, 0) is 0 Å². The summed E-state index contributed by atoms with van der Waals surface area (Å²) >= 11 is 0. The Kier molecular flexibility index (Phi) is 8.00. The van der Waals surface area contributed by atoms with Crippen molar-refractivity contribution in [1.82, 2.24) is 29.9 Å². The molecule has 0 unspecified atom stereocenters. The molecule has 0 amide bonds. The predicted octanol–water partition coefficient (Wildman–Crippen LogP) is 11.6. The molecule has 7 aromatic carbocycles. The molecule has 0 radical (unpaired) electrons. The maximum absolute atomic E-state index is 6.45. The van der Waals surface area contributed by atoms with E-state index in [9.17, 15) is 0 Å². The first-order chi connectivity index (χ1) is 27.2. The smallest absolute Gasteiger partial charge is 0.164 e. The maximum Gasteiger partial charge on any atom is 0.164 e. The quantitative estimate of drug-likeness (QED) is 0.163. The summed E-state index contributed by atoms with van der Waals surface area (Å²) in [7, 11) is 0. The van der Waals surface area contributed by atoms with Crippen LogP contribution in [-0.4, -0.2) is 29.9 Å². The summed E-state index contributed by atoms with van der Waals surface area (Å²) in [5, 5.41) is 1.80. The van der Waals surface area contributed by atoms with Crippen LogP contribution in [0.4, 0.5) is 0 Å². The van der Waals surface area contributed by atoms with Gasteiger partial charge in [0, 0.05) is 44.2 Å². The first-order valence-electron chi connectivity index (χ1n) is 18.0. The molecule has 0 aliphatic rings. The van der Waals surface area contributed by atoms with Crippen LogP contribution in [0.5, 0.6) is 0 Å². The van der Waals surface area contributed by atoms with E-state index in [1.807, 2.05) is 152 Å². The molecule has 0 atom stereocenters. The van der Waals surface area contributed by atoms with Gasteiger partial charge in [-0.25, -0.2) is 29.9 Å². The zero-order valence-electron chi connectivity index (χ0n) is 29.4. The normalized spacial score (nSPS) is 11.3. The zero-order chi connectivity index (χ0) is 36.6. The number of rotatable bonds is 7. The predicted molar refractivity (Wildman–Crippen MR) is 219 cm³/mol. The van der Waals surface area contributed by atoms with Crippen molar-refractivity contribution in [2.45, 2.75) is 0 Å². The summed E-state index contributed by atoms with van der Waals surface area (Å²) < 4.78 is 6.45. The highest BCUT2D eigenvalue weighted by atomic mass is 16.3. The van der Waals surface area contributed by atoms with Crippen molar-refractivity contribution >= 4 is 21.9 Å². The van der Waals surface area contributed by atoms with Crippen LogP contribution < -0.4 is 0 Å². The second kappa shape index (κ2) is 13.7. The van der Waals surface area contributed by atoms with Gasteiger partial charge in [-0.15, -0.1) is 0 Å². The number of hydrogen-bond donors (Lipinski definition) is 0. The van der Waals surface area contributed by atoms with E-state index in [0.717, 1.165) is 66.4 Å². The second-order valence-electron chi connectivity index (χ2n) is 13.1. The fourth-order valence-electron chi connectivity index (χ4n) is 6.90. The Hall–Kier alpha value is -7.64. The van der Waals surface area contributed by atoms with Gasteiger partial charge < -0.3 is 4.42 Å². The third kappa shape index (κ3) is 6.19. The van der Waals surface area contributed by atoms with E-state index in [-0.39, 0.29) is 0 Å². The minimum absolute atomic E-state index is 0.554. The van der Waals surface area contributed by atoms with E-state index in [0.29, 0.717) is 34.9 Å². The number of nitrogens with zero attached hydrogens (tertiary/aromatic N) is 6. The first-order valence-corrected chi connectivity index (χ1v) is 18.0. The van der Waals surface area contributed by atoms with Crippen LogP contribution in [0, 0.1) is 0 Å². The molecule has 3 heterocycles. The molecule has 0 aliphatic heterocycles. The lowest BCUT2D eigenvalue weighted by atomic mass is 10.0. The van der Waals surface area contributed by atoms with Crippen LogP contribution in [0.1, 0.15) is 0 Å². The largest absolute Gasteiger partial charge is 0.456 e. The lowest BCUT2D eigenvalue weighted by molar-refractivity contribution is 0.669. The lowest BCUT2D eigenvalue weighted by Gasteiger charge is -2.10. The molecule has 0 spiro atoms. The fourth-order valence-corrected chi connectivity index (χ4v) is 6.90. The van der Waals surface area contributed by atoms with E-state index in [4.69, 9.17) is 34.3 Å². The van der Waals surface area contributed by atoms with Crippen LogP contribution in [0.2, 0.25) is 0 Å². The average Bonchev–Trinajstić information content (AvgIpc) is 3.66.